The predicted octanol–water partition coefficient (Wildman–Crippen LogP) is 13.1. The molecule has 0 radical (unpaired) electrons. The van der Waals surface area contributed by atoms with Crippen LogP contribution in [0.3, 0.4) is 0 Å². The number of hydrogen-bond acceptors (Lipinski definition) is 8. The van der Waals surface area contributed by atoms with Crippen LogP contribution in [0.5, 0.6) is 0 Å². The molecule has 0 amide bonds. The largest absolute Gasteiger partial charge is 0.756 e. The van der Waals surface area contributed by atoms with Gasteiger partial charge in [-0.1, -0.05) is 187 Å². The molecule has 0 N–H and O–H groups in total. The molecule has 0 rings (SSSR count). The molecule has 0 aromatic carbocycles. The minimum atomic E-state index is -4.62. The summed E-state index contributed by atoms with van der Waals surface area (Å²) in [5.41, 5.74) is 0. The van der Waals surface area contributed by atoms with Crippen LogP contribution < -0.4 is 4.89 Å². The smallest absolute Gasteiger partial charge is 0.306 e. The van der Waals surface area contributed by atoms with Crippen LogP contribution in [-0.2, 0) is 32.7 Å². The number of carbonyl (C=O) groups excluding carboxylic acids is 2. The van der Waals surface area contributed by atoms with E-state index in [4.69, 9.17) is 18.5 Å². The maximum absolute atomic E-state index is 12.7. The van der Waals surface area contributed by atoms with E-state index in [1.807, 2.05) is 21.1 Å². The summed E-state index contributed by atoms with van der Waals surface area (Å²) in [6.07, 6.45) is 42.4. The highest BCUT2D eigenvalue weighted by Gasteiger charge is 2.21. The molecule has 0 fully saturated rings. The van der Waals surface area contributed by atoms with Crippen molar-refractivity contribution in [1.82, 2.24) is 0 Å². The molecule has 338 valence electrons. The van der Waals surface area contributed by atoms with Crippen LogP contribution in [0.2, 0.25) is 0 Å². The number of carbonyl (C=O) groups is 2. The minimum Gasteiger partial charge on any atom is -0.756 e. The highest BCUT2D eigenvalue weighted by molar-refractivity contribution is 7.45. The Morgan fingerprint density at radius 1 is 0.526 bits per heavy atom. The second kappa shape index (κ2) is 40.2. The Balaban J connectivity index is 4.25. The number of unbranched alkanes of at least 4 members (excludes halogenated alkanes) is 28. The molecule has 10 heteroatoms. The predicted molar refractivity (Wildman–Crippen MR) is 236 cm³/mol. The van der Waals surface area contributed by atoms with Crippen molar-refractivity contribution in [3.63, 3.8) is 0 Å². The van der Waals surface area contributed by atoms with Crippen molar-refractivity contribution in [2.45, 2.75) is 232 Å². The number of phosphoric acid groups is 1. The quantitative estimate of drug-likeness (QED) is 0.0196. The maximum Gasteiger partial charge on any atom is 0.306 e. The van der Waals surface area contributed by atoms with Gasteiger partial charge in [0, 0.05) is 12.8 Å². The highest BCUT2D eigenvalue weighted by Crippen LogP contribution is 2.38. The number of allylic oxidation sites excluding steroid dienone is 2. The first-order chi connectivity index (χ1) is 27.5. The van der Waals surface area contributed by atoms with Gasteiger partial charge in [0.25, 0.3) is 7.82 Å². The first-order valence-corrected chi connectivity index (χ1v) is 25.4. The molecule has 0 aliphatic carbocycles. The SMILES string of the molecule is CCCCCCC/C=C\CCCCCCCC(=O)O[C@H](COC(=O)CCCCCCCCCCCCCCCCCCCCC)COP(=O)([O-])OCC[N+](C)(C)C. The zero-order chi connectivity index (χ0) is 42.1. The molecule has 9 nitrogen and oxygen atoms in total. The molecule has 0 saturated heterocycles. The van der Waals surface area contributed by atoms with E-state index in [2.05, 4.69) is 26.0 Å². The lowest BCUT2D eigenvalue weighted by Crippen LogP contribution is -2.37. The highest BCUT2D eigenvalue weighted by atomic mass is 31.2. The van der Waals surface area contributed by atoms with Crippen molar-refractivity contribution in [3.8, 4) is 0 Å². The van der Waals surface area contributed by atoms with Gasteiger partial charge in [-0.05, 0) is 38.5 Å². The first kappa shape index (κ1) is 55.8. The molecule has 0 aromatic heterocycles. The van der Waals surface area contributed by atoms with Crippen LogP contribution in [0.1, 0.15) is 226 Å². The van der Waals surface area contributed by atoms with E-state index in [0.717, 1.165) is 51.4 Å². The van der Waals surface area contributed by atoms with Gasteiger partial charge in [-0.2, -0.15) is 0 Å². The molecule has 0 bridgehead atoms. The van der Waals surface area contributed by atoms with E-state index in [1.165, 1.54) is 141 Å². The molecule has 0 heterocycles. The summed E-state index contributed by atoms with van der Waals surface area (Å²) in [7, 11) is 1.17. The number of hydrogen-bond donors (Lipinski definition) is 0. The summed E-state index contributed by atoms with van der Waals surface area (Å²) in [5.74, 6) is -0.832. The number of nitrogens with zero attached hydrogens (tertiary/aromatic N) is 1. The van der Waals surface area contributed by atoms with Gasteiger partial charge in [0.1, 0.15) is 19.8 Å². The number of phosphoric ester groups is 1. The van der Waals surface area contributed by atoms with Gasteiger partial charge >= 0.3 is 11.9 Å². The monoisotopic (exact) mass is 830 g/mol. The van der Waals surface area contributed by atoms with Crippen molar-refractivity contribution < 1.29 is 42.1 Å². The lowest BCUT2D eigenvalue weighted by atomic mass is 10.0. The summed E-state index contributed by atoms with van der Waals surface area (Å²) in [5, 5.41) is 0. The number of ether oxygens (including phenoxy) is 2. The normalized spacial score (nSPS) is 13.6. The van der Waals surface area contributed by atoms with E-state index < -0.39 is 26.5 Å². The fraction of sp³-hybridized carbons (Fsp3) is 0.915. The van der Waals surface area contributed by atoms with Crippen LogP contribution in [-0.4, -0.2) is 70.0 Å². The summed E-state index contributed by atoms with van der Waals surface area (Å²) < 4.78 is 34.0. The van der Waals surface area contributed by atoms with Crippen LogP contribution in [0, 0.1) is 0 Å². The summed E-state index contributed by atoms with van der Waals surface area (Å²) >= 11 is 0. The maximum atomic E-state index is 12.7. The van der Waals surface area contributed by atoms with E-state index in [1.54, 1.807) is 0 Å². The zero-order valence-corrected chi connectivity index (χ0v) is 38.9. The Hall–Kier alpha value is -1.25. The molecule has 0 spiro atoms. The van der Waals surface area contributed by atoms with E-state index in [0.29, 0.717) is 17.4 Å². The van der Waals surface area contributed by atoms with Crippen molar-refractivity contribution in [2.75, 3.05) is 47.5 Å². The number of rotatable bonds is 44. The second-order valence-corrected chi connectivity index (χ2v) is 18.9. The zero-order valence-electron chi connectivity index (χ0n) is 38.1. The third kappa shape index (κ3) is 44.1. The van der Waals surface area contributed by atoms with Crippen molar-refractivity contribution in [1.29, 1.82) is 0 Å². The Kier molecular flexibility index (Phi) is 39.3. The van der Waals surface area contributed by atoms with Crippen LogP contribution in [0.4, 0.5) is 0 Å². The minimum absolute atomic E-state index is 0.0292. The fourth-order valence-corrected chi connectivity index (χ4v) is 7.50. The van der Waals surface area contributed by atoms with Gasteiger partial charge < -0.3 is 27.9 Å². The number of esters is 2. The van der Waals surface area contributed by atoms with Gasteiger partial charge in [0.2, 0.25) is 0 Å². The lowest BCUT2D eigenvalue weighted by molar-refractivity contribution is -0.870. The summed E-state index contributed by atoms with van der Waals surface area (Å²) in [6, 6.07) is 0. The number of quaternary nitrogens is 1. The van der Waals surface area contributed by atoms with Gasteiger partial charge in [0.05, 0.1) is 27.7 Å². The van der Waals surface area contributed by atoms with Gasteiger partial charge in [-0.15, -0.1) is 0 Å². The molecular weight excluding hydrogens is 737 g/mol. The Morgan fingerprint density at radius 3 is 1.30 bits per heavy atom. The number of likely N-dealkylation sites (N-methyl/N-ethyl adjacent to an activating group) is 1. The first-order valence-electron chi connectivity index (χ1n) is 23.9. The van der Waals surface area contributed by atoms with Gasteiger partial charge in [-0.3, -0.25) is 14.2 Å². The average molecular weight is 830 g/mol. The fourth-order valence-electron chi connectivity index (χ4n) is 6.77. The van der Waals surface area contributed by atoms with Crippen molar-refractivity contribution in [2.24, 2.45) is 0 Å². The average Bonchev–Trinajstić information content (AvgIpc) is 3.16. The Morgan fingerprint density at radius 2 is 0.895 bits per heavy atom. The Bertz CT molecular complexity index is 985. The second-order valence-electron chi connectivity index (χ2n) is 17.5. The van der Waals surface area contributed by atoms with Crippen LogP contribution in [0.25, 0.3) is 0 Å². The van der Waals surface area contributed by atoms with E-state index >= 15 is 0 Å². The van der Waals surface area contributed by atoms with E-state index in [9.17, 15) is 19.0 Å². The van der Waals surface area contributed by atoms with Crippen LogP contribution >= 0.6 is 7.82 Å². The van der Waals surface area contributed by atoms with Gasteiger partial charge in [0.15, 0.2) is 6.10 Å². The third-order valence-corrected chi connectivity index (χ3v) is 11.5. The summed E-state index contributed by atoms with van der Waals surface area (Å²) in [6.45, 7) is 4.24. The Labute approximate surface area is 352 Å². The van der Waals surface area contributed by atoms with Crippen LogP contribution in [0.15, 0.2) is 12.2 Å². The van der Waals surface area contributed by atoms with E-state index in [-0.39, 0.29) is 32.0 Å². The van der Waals surface area contributed by atoms with Gasteiger partial charge in [-0.25, -0.2) is 0 Å². The lowest BCUT2D eigenvalue weighted by Gasteiger charge is -2.28. The molecule has 0 aliphatic rings. The molecule has 1 unspecified atom stereocenters. The molecular formula is C47H92NO8P. The molecule has 0 aliphatic heterocycles. The molecule has 2 atom stereocenters. The standard InChI is InChI=1S/C47H92NO8P/c1-6-8-10-12-14-16-18-20-22-23-24-25-26-28-29-31-33-35-37-39-46(49)53-43-45(44-55-57(51,52)54-42-41-48(3,4)5)56-47(50)40-38-36-34-32-30-27-21-19-17-15-13-11-9-7-2/h19,21,45H,6-18,20,22-44H2,1-5H3/b21-19-/t45-/m1/s1. The van der Waals surface area contributed by atoms with Crippen molar-refractivity contribution in [3.05, 3.63) is 12.2 Å². The third-order valence-electron chi connectivity index (χ3n) is 10.5. The topological polar surface area (TPSA) is 111 Å². The van der Waals surface area contributed by atoms with Crippen molar-refractivity contribution >= 4 is 19.8 Å². The molecule has 0 aromatic rings. The molecule has 0 saturated carbocycles. The molecule has 57 heavy (non-hydrogen) atoms. The summed E-state index contributed by atoms with van der Waals surface area (Å²) in [4.78, 5) is 37.6.